The van der Waals surface area contributed by atoms with Gasteiger partial charge in [-0.15, -0.1) is 0 Å². The second-order valence-electron chi connectivity index (χ2n) is 6.32. The minimum Gasteiger partial charge on any atom is -0.465 e. The third-order valence-corrected chi connectivity index (χ3v) is 4.58. The maximum absolute atomic E-state index is 12.5. The van der Waals surface area contributed by atoms with Gasteiger partial charge in [-0.1, -0.05) is 24.3 Å². The lowest BCUT2D eigenvalue weighted by atomic mass is 10.2. The summed E-state index contributed by atoms with van der Waals surface area (Å²) in [6.07, 6.45) is 4.01. The number of rotatable bonds is 4. The molecule has 7 nitrogen and oxygen atoms in total. The molecule has 0 atom stereocenters. The number of ether oxygens (including phenoxy) is 1. The topological polar surface area (TPSA) is 84.4 Å². The third kappa shape index (κ3) is 3.42. The molecule has 140 valence electrons. The molecule has 4 rings (SSSR count). The highest BCUT2D eigenvalue weighted by Gasteiger charge is 2.21. The first-order chi connectivity index (χ1) is 13.7. The van der Waals surface area contributed by atoms with Gasteiger partial charge in [-0.2, -0.15) is 0 Å². The number of benzene rings is 2. The molecule has 28 heavy (non-hydrogen) atoms. The molecule has 1 amide bonds. The highest BCUT2D eigenvalue weighted by molar-refractivity contribution is 6.03. The largest absolute Gasteiger partial charge is 0.465 e. The molecule has 0 aliphatic carbocycles. The molecule has 1 aliphatic rings. The number of fused-ring (bicyclic) bond motifs is 1. The first-order valence-electron chi connectivity index (χ1n) is 8.83. The van der Waals surface area contributed by atoms with Crippen LogP contribution < -0.4 is 10.2 Å². The van der Waals surface area contributed by atoms with Crippen LogP contribution >= 0.6 is 0 Å². The van der Waals surface area contributed by atoms with Crippen LogP contribution in [0.1, 0.15) is 26.4 Å². The third-order valence-electron chi connectivity index (χ3n) is 4.58. The summed E-state index contributed by atoms with van der Waals surface area (Å²) in [6, 6.07) is 14.7. The van der Waals surface area contributed by atoms with Crippen LogP contribution in [-0.2, 0) is 11.2 Å². The number of hydrogen-bond donors (Lipinski definition) is 1. The predicted molar refractivity (Wildman–Crippen MR) is 105 cm³/mol. The first-order valence-corrected chi connectivity index (χ1v) is 8.83. The number of nitrogens with one attached hydrogen (secondary N) is 1. The van der Waals surface area contributed by atoms with Crippen LogP contribution in [0.4, 0.5) is 17.2 Å². The van der Waals surface area contributed by atoms with Gasteiger partial charge in [0.2, 0.25) is 0 Å². The number of carbonyl (C=O) groups is 2. The first kappa shape index (κ1) is 17.7. The summed E-state index contributed by atoms with van der Waals surface area (Å²) < 4.78 is 4.69. The van der Waals surface area contributed by atoms with Crippen molar-refractivity contribution in [2.24, 2.45) is 0 Å². The number of nitrogens with zero attached hydrogens (tertiary/aromatic N) is 3. The molecule has 0 spiro atoms. The van der Waals surface area contributed by atoms with E-state index in [9.17, 15) is 9.59 Å². The molecule has 1 aromatic heterocycles. The minimum atomic E-state index is -0.467. The number of carbonyl (C=O) groups excluding carboxylic acids is 2. The Kier molecular flexibility index (Phi) is 4.72. The molecule has 7 heteroatoms. The maximum Gasteiger partial charge on any atom is 0.337 e. The van der Waals surface area contributed by atoms with E-state index in [-0.39, 0.29) is 5.69 Å². The molecule has 0 saturated carbocycles. The van der Waals surface area contributed by atoms with Crippen molar-refractivity contribution in [3.05, 3.63) is 77.7 Å². The fourth-order valence-electron chi connectivity index (χ4n) is 3.19. The zero-order chi connectivity index (χ0) is 19.5. The van der Waals surface area contributed by atoms with Crippen molar-refractivity contribution in [2.75, 3.05) is 23.9 Å². The van der Waals surface area contributed by atoms with Gasteiger partial charge in [-0.25, -0.2) is 14.8 Å². The Labute approximate surface area is 162 Å². The highest BCUT2D eigenvalue weighted by atomic mass is 16.5. The number of hydrogen-bond acceptors (Lipinski definition) is 6. The van der Waals surface area contributed by atoms with Crippen molar-refractivity contribution in [2.45, 2.75) is 6.42 Å². The Bertz CT molecular complexity index is 1030. The van der Waals surface area contributed by atoms with Gasteiger partial charge in [0, 0.05) is 17.9 Å². The summed E-state index contributed by atoms with van der Waals surface area (Å²) in [5.41, 5.74) is 3.42. The van der Waals surface area contributed by atoms with Crippen LogP contribution in [-0.4, -0.2) is 35.5 Å². The minimum absolute atomic E-state index is 0.194. The quantitative estimate of drug-likeness (QED) is 0.706. The van der Waals surface area contributed by atoms with Crippen molar-refractivity contribution in [1.29, 1.82) is 0 Å². The van der Waals surface area contributed by atoms with Gasteiger partial charge in [0.25, 0.3) is 5.91 Å². The zero-order valence-corrected chi connectivity index (χ0v) is 15.3. The zero-order valence-electron chi connectivity index (χ0n) is 15.3. The molecule has 0 saturated heterocycles. The fourth-order valence-corrected chi connectivity index (χ4v) is 3.19. The monoisotopic (exact) mass is 374 g/mol. The molecular formula is C21H18N4O3. The number of amides is 1. The Hall–Kier alpha value is -3.74. The summed E-state index contributed by atoms with van der Waals surface area (Å²) in [4.78, 5) is 34.8. The van der Waals surface area contributed by atoms with Crippen molar-refractivity contribution in [1.82, 2.24) is 9.97 Å². The lowest BCUT2D eigenvalue weighted by molar-refractivity contribution is 0.0600. The Morgan fingerprint density at radius 1 is 1.07 bits per heavy atom. The average molecular weight is 374 g/mol. The van der Waals surface area contributed by atoms with E-state index in [0.29, 0.717) is 17.1 Å². The summed E-state index contributed by atoms with van der Waals surface area (Å²) in [6.45, 7) is 0.833. The maximum atomic E-state index is 12.5. The number of para-hydroxylation sites is 1. The van der Waals surface area contributed by atoms with E-state index in [2.05, 4.69) is 37.1 Å². The lowest BCUT2D eigenvalue weighted by Gasteiger charge is -2.17. The second-order valence-corrected chi connectivity index (χ2v) is 6.32. The average Bonchev–Trinajstić information content (AvgIpc) is 3.17. The molecule has 0 bridgehead atoms. The van der Waals surface area contributed by atoms with Crippen molar-refractivity contribution in [3.8, 4) is 0 Å². The van der Waals surface area contributed by atoms with Crippen LogP contribution in [0.5, 0.6) is 0 Å². The van der Waals surface area contributed by atoms with E-state index in [1.165, 1.54) is 18.9 Å². The van der Waals surface area contributed by atoms with Gasteiger partial charge in [0.05, 0.1) is 25.1 Å². The molecule has 2 aromatic carbocycles. The second kappa shape index (κ2) is 7.48. The molecule has 0 fully saturated rings. The van der Waals surface area contributed by atoms with E-state index >= 15 is 0 Å². The molecule has 0 unspecified atom stereocenters. The molecule has 1 N–H and O–H groups in total. The number of anilines is 3. The summed E-state index contributed by atoms with van der Waals surface area (Å²) in [7, 11) is 1.31. The van der Waals surface area contributed by atoms with Crippen LogP contribution in [0, 0.1) is 0 Å². The fraction of sp³-hybridized carbons (Fsp3) is 0.143. The van der Waals surface area contributed by atoms with E-state index < -0.39 is 11.9 Å². The van der Waals surface area contributed by atoms with Crippen LogP contribution in [0.3, 0.4) is 0 Å². The Balaban J connectivity index is 1.49. The Morgan fingerprint density at radius 2 is 1.93 bits per heavy atom. The number of aromatic nitrogens is 2. The SMILES string of the molecule is COC(=O)c1cccc(NC(=O)c2cnc(N3CCc4ccccc43)cn2)c1. The molecule has 2 heterocycles. The van der Waals surface area contributed by atoms with Crippen molar-refractivity contribution < 1.29 is 14.3 Å². The van der Waals surface area contributed by atoms with Crippen molar-refractivity contribution in [3.63, 3.8) is 0 Å². The van der Waals surface area contributed by atoms with E-state index in [4.69, 9.17) is 0 Å². The summed E-state index contributed by atoms with van der Waals surface area (Å²) in [5, 5.41) is 2.72. The Morgan fingerprint density at radius 3 is 2.71 bits per heavy atom. The summed E-state index contributed by atoms with van der Waals surface area (Å²) in [5.74, 6) is -0.164. The molecule has 0 radical (unpaired) electrons. The van der Waals surface area contributed by atoms with Gasteiger partial charge in [0.15, 0.2) is 5.82 Å². The number of methoxy groups -OCH3 is 1. The van der Waals surface area contributed by atoms with Gasteiger partial charge >= 0.3 is 5.97 Å². The van der Waals surface area contributed by atoms with E-state index in [0.717, 1.165) is 18.7 Å². The van der Waals surface area contributed by atoms with Gasteiger partial charge in [0.1, 0.15) is 5.69 Å². The van der Waals surface area contributed by atoms with Crippen LogP contribution in [0.25, 0.3) is 0 Å². The number of esters is 1. The van der Waals surface area contributed by atoms with E-state index in [1.54, 1.807) is 30.5 Å². The van der Waals surface area contributed by atoms with E-state index in [1.807, 2.05) is 12.1 Å². The van der Waals surface area contributed by atoms with Gasteiger partial charge < -0.3 is 15.0 Å². The predicted octanol–water partition coefficient (Wildman–Crippen LogP) is 3.21. The highest BCUT2D eigenvalue weighted by Crippen LogP contribution is 2.32. The summed E-state index contributed by atoms with van der Waals surface area (Å²) >= 11 is 0. The van der Waals surface area contributed by atoms with Crippen LogP contribution in [0.2, 0.25) is 0 Å². The normalized spacial score (nSPS) is 12.4. The van der Waals surface area contributed by atoms with Crippen molar-refractivity contribution >= 4 is 29.1 Å². The van der Waals surface area contributed by atoms with Gasteiger partial charge in [-0.3, -0.25) is 4.79 Å². The lowest BCUT2D eigenvalue weighted by Crippen LogP contribution is -2.18. The molecule has 3 aromatic rings. The molecule has 1 aliphatic heterocycles. The molecular weight excluding hydrogens is 356 g/mol. The standard InChI is InChI=1S/C21H18N4O3/c1-28-21(27)15-6-4-7-16(11-15)24-20(26)17-12-23-19(13-22-17)25-10-9-14-5-2-3-8-18(14)25/h2-8,11-13H,9-10H2,1H3,(H,24,26). The van der Waals surface area contributed by atoms with Gasteiger partial charge in [-0.05, 0) is 36.2 Å². The van der Waals surface area contributed by atoms with Crippen LogP contribution in [0.15, 0.2) is 60.9 Å². The smallest absolute Gasteiger partial charge is 0.337 e.